The first-order chi connectivity index (χ1) is 9.83. The Hall–Kier alpha value is -0.300. The molecule has 0 spiro atoms. The second-order valence-electron chi connectivity index (χ2n) is 6.92. The second-order valence-corrected chi connectivity index (χ2v) is 6.92. The van der Waals surface area contributed by atoms with Crippen molar-refractivity contribution in [1.29, 1.82) is 0 Å². The molecule has 1 heteroatoms. The van der Waals surface area contributed by atoms with E-state index in [0.29, 0.717) is 6.10 Å². The minimum absolute atomic E-state index is 0.577. The number of allylic oxidation sites excluding steroid dienone is 2. The highest BCUT2D eigenvalue weighted by Crippen LogP contribution is 2.41. The fraction of sp³-hybridized carbons (Fsp3) is 0.895. The van der Waals surface area contributed by atoms with E-state index in [2.05, 4.69) is 26.0 Å². The van der Waals surface area contributed by atoms with Crippen molar-refractivity contribution in [2.45, 2.75) is 84.2 Å². The summed E-state index contributed by atoms with van der Waals surface area (Å²) in [5.74, 6) is 3.07. The van der Waals surface area contributed by atoms with Crippen LogP contribution in [0.15, 0.2) is 12.2 Å². The van der Waals surface area contributed by atoms with Crippen LogP contribution in [0.3, 0.4) is 0 Å². The lowest BCUT2D eigenvalue weighted by Gasteiger charge is -2.37. The van der Waals surface area contributed by atoms with Gasteiger partial charge < -0.3 is 4.74 Å². The van der Waals surface area contributed by atoms with Crippen molar-refractivity contribution in [2.75, 3.05) is 6.61 Å². The molecule has 116 valence electrons. The lowest BCUT2D eigenvalue weighted by atomic mass is 9.70. The van der Waals surface area contributed by atoms with Crippen molar-refractivity contribution >= 4 is 0 Å². The molecule has 2 saturated carbocycles. The van der Waals surface area contributed by atoms with Gasteiger partial charge in [-0.25, -0.2) is 0 Å². The van der Waals surface area contributed by atoms with E-state index in [9.17, 15) is 0 Å². The monoisotopic (exact) mass is 278 g/mol. The Kier molecular flexibility index (Phi) is 7.13. The minimum atomic E-state index is 0.577. The highest BCUT2D eigenvalue weighted by molar-refractivity contribution is 4.84. The molecule has 1 nitrogen and oxygen atoms in total. The van der Waals surface area contributed by atoms with E-state index in [-0.39, 0.29) is 0 Å². The van der Waals surface area contributed by atoms with Crippen LogP contribution in [0.2, 0.25) is 0 Å². The first-order valence-corrected chi connectivity index (χ1v) is 9.06. The van der Waals surface area contributed by atoms with Crippen LogP contribution >= 0.6 is 0 Å². The van der Waals surface area contributed by atoms with Crippen LogP contribution < -0.4 is 0 Å². The Morgan fingerprint density at radius 2 is 1.50 bits per heavy atom. The molecule has 0 saturated heterocycles. The second kappa shape index (κ2) is 8.87. The summed E-state index contributed by atoms with van der Waals surface area (Å²) in [5, 5.41) is 0. The van der Waals surface area contributed by atoms with E-state index in [1.165, 1.54) is 64.2 Å². The third kappa shape index (κ3) is 4.91. The van der Waals surface area contributed by atoms with Crippen LogP contribution in [0.1, 0.15) is 78.1 Å². The molecule has 0 amide bonds. The van der Waals surface area contributed by atoms with Crippen LogP contribution in [-0.2, 0) is 4.74 Å². The van der Waals surface area contributed by atoms with Crippen molar-refractivity contribution in [1.82, 2.24) is 0 Å². The maximum absolute atomic E-state index is 5.78. The summed E-state index contributed by atoms with van der Waals surface area (Å²) in [7, 11) is 0. The molecule has 0 radical (unpaired) electrons. The number of ether oxygens (including phenoxy) is 1. The van der Waals surface area contributed by atoms with Crippen LogP contribution in [0.4, 0.5) is 0 Å². The van der Waals surface area contributed by atoms with E-state index in [4.69, 9.17) is 4.74 Å². The Labute approximate surface area is 126 Å². The first kappa shape index (κ1) is 16.1. The van der Waals surface area contributed by atoms with Crippen LogP contribution in [0.5, 0.6) is 0 Å². The van der Waals surface area contributed by atoms with Gasteiger partial charge in [-0.3, -0.25) is 0 Å². The lowest BCUT2D eigenvalue weighted by Crippen LogP contribution is -2.28. The maximum atomic E-state index is 5.78. The minimum Gasteiger partial charge on any atom is -0.379 e. The predicted octanol–water partition coefficient (Wildman–Crippen LogP) is 5.74. The summed E-state index contributed by atoms with van der Waals surface area (Å²) in [4.78, 5) is 0. The molecule has 2 aliphatic carbocycles. The molecule has 0 aromatic heterocycles. The summed E-state index contributed by atoms with van der Waals surface area (Å²) < 4.78 is 5.78. The average molecular weight is 278 g/mol. The number of hydrogen-bond donors (Lipinski definition) is 0. The molecule has 0 unspecified atom stereocenters. The SMILES string of the molecule is C/C=C/CC[C@H]1CC[C@H]([C@H]2CC[C@H](OCC)CC2)CC1. The van der Waals surface area contributed by atoms with Gasteiger partial charge in [0, 0.05) is 6.61 Å². The molecule has 0 aliphatic heterocycles. The van der Waals surface area contributed by atoms with E-state index < -0.39 is 0 Å². The molecule has 0 aromatic carbocycles. The molecule has 2 fully saturated rings. The molecule has 20 heavy (non-hydrogen) atoms. The number of rotatable bonds is 6. The van der Waals surface area contributed by atoms with Crippen LogP contribution in [0.25, 0.3) is 0 Å². The maximum Gasteiger partial charge on any atom is 0.0575 e. The average Bonchev–Trinajstić information content (AvgIpc) is 2.49. The molecular weight excluding hydrogens is 244 g/mol. The van der Waals surface area contributed by atoms with Crippen molar-refractivity contribution in [3.05, 3.63) is 12.2 Å². The fourth-order valence-corrected chi connectivity index (χ4v) is 4.41. The summed E-state index contributed by atoms with van der Waals surface area (Å²) in [5.41, 5.74) is 0. The van der Waals surface area contributed by atoms with E-state index in [1.807, 2.05) is 0 Å². The third-order valence-corrected chi connectivity index (χ3v) is 5.66. The zero-order chi connectivity index (χ0) is 14.2. The van der Waals surface area contributed by atoms with E-state index in [1.54, 1.807) is 0 Å². The Bertz CT molecular complexity index is 267. The van der Waals surface area contributed by atoms with Crippen molar-refractivity contribution in [3.8, 4) is 0 Å². The summed E-state index contributed by atoms with van der Waals surface area (Å²) in [6.45, 7) is 5.16. The zero-order valence-corrected chi connectivity index (χ0v) is 13.7. The van der Waals surface area contributed by atoms with Gasteiger partial charge in [0.1, 0.15) is 0 Å². The highest BCUT2D eigenvalue weighted by Gasteiger charge is 2.30. The van der Waals surface area contributed by atoms with Gasteiger partial charge in [-0.1, -0.05) is 25.0 Å². The molecule has 2 aliphatic rings. The molecule has 0 atom stereocenters. The van der Waals surface area contributed by atoms with Gasteiger partial charge in [-0.05, 0) is 83.0 Å². The van der Waals surface area contributed by atoms with E-state index in [0.717, 1.165) is 24.4 Å². The third-order valence-electron chi connectivity index (χ3n) is 5.66. The summed E-state index contributed by atoms with van der Waals surface area (Å²) in [6, 6.07) is 0. The fourth-order valence-electron chi connectivity index (χ4n) is 4.41. The lowest BCUT2D eigenvalue weighted by molar-refractivity contribution is 0.0135. The van der Waals surface area contributed by atoms with Gasteiger partial charge in [0.05, 0.1) is 6.10 Å². The summed E-state index contributed by atoms with van der Waals surface area (Å²) >= 11 is 0. The van der Waals surface area contributed by atoms with Gasteiger partial charge in [0.2, 0.25) is 0 Å². The van der Waals surface area contributed by atoms with Crippen LogP contribution in [-0.4, -0.2) is 12.7 Å². The molecular formula is C19H34O. The molecule has 0 aromatic rings. The zero-order valence-electron chi connectivity index (χ0n) is 13.7. The van der Waals surface area contributed by atoms with Crippen molar-refractivity contribution in [3.63, 3.8) is 0 Å². The molecule has 0 heterocycles. The first-order valence-electron chi connectivity index (χ1n) is 9.06. The molecule has 2 rings (SSSR count). The molecule has 0 N–H and O–H groups in total. The Morgan fingerprint density at radius 1 is 0.900 bits per heavy atom. The standard InChI is InChI=1S/C19H34O/c1-3-5-6-7-16-8-10-17(11-9-16)18-12-14-19(15-13-18)20-4-2/h3,5,16-19H,4,6-15H2,1-2H3/b5-3+/t16-,17-,18-,19-. The van der Waals surface area contributed by atoms with Crippen LogP contribution in [0, 0.1) is 17.8 Å². The van der Waals surface area contributed by atoms with E-state index >= 15 is 0 Å². The Balaban J connectivity index is 1.64. The Morgan fingerprint density at radius 3 is 2.05 bits per heavy atom. The van der Waals surface area contributed by atoms with Gasteiger partial charge in [-0.2, -0.15) is 0 Å². The number of hydrogen-bond acceptors (Lipinski definition) is 1. The van der Waals surface area contributed by atoms with Gasteiger partial charge in [0.25, 0.3) is 0 Å². The van der Waals surface area contributed by atoms with Gasteiger partial charge >= 0.3 is 0 Å². The smallest absolute Gasteiger partial charge is 0.0575 e. The summed E-state index contributed by atoms with van der Waals surface area (Å²) in [6.07, 6.45) is 19.3. The van der Waals surface area contributed by atoms with Crippen molar-refractivity contribution in [2.24, 2.45) is 17.8 Å². The van der Waals surface area contributed by atoms with Gasteiger partial charge in [-0.15, -0.1) is 0 Å². The molecule has 0 bridgehead atoms. The van der Waals surface area contributed by atoms with Crippen molar-refractivity contribution < 1.29 is 4.74 Å². The van der Waals surface area contributed by atoms with Gasteiger partial charge in [0.15, 0.2) is 0 Å². The topological polar surface area (TPSA) is 9.23 Å². The quantitative estimate of drug-likeness (QED) is 0.562. The highest BCUT2D eigenvalue weighted by atomic mass is 16.5. The predicted molar refractivity (Wildman–Crippen MR) is 86.9 cm³/mol. The normalized spacial score (nSPS) is 35.5. The largest absolute Gasteiger partial charge is 0.379 e.